The Hall–Kier alpha value is -0.740. The number of hydrogen-bond donors (Lipinski definition) is 1. The zero-order valence-corrected chi connectivity index (χ0v) is 13.5. The Morgan fingerprint density at radius 1 is 1.00 bits per heavy atom. The number of benzene rings is 1. The molecule has 0 radical (unpaired) electrons. The van der Waals surface area contributed by atoms with Crippen molar-refractivity contribution >= 4 is 15.9 Å². The Bertz CT molecular complexity index is 358. The summed E-state index contributed by atoms with van der Waals surface area (Å²) in [7, 11) is 3.32. The van der Waals surface area contributed by atoms with Crippen molar-refractivity contribution in [2.75, 3.05) is 26.1 Å². The molecule has 0 bridgehead atoms. The van der Waals surface area contributed by atoms with Crippen LogP contribution >= 0.6 is 15.9 Å². The van der Waals surface area contributed by atoms with E-state index in [1.54, 1.807) is 14.2 Å². The summed E-state index contributed by atoms with van der Waals surface area (Å²) in [6.07, 6.45) is 5.11. The average Bonchev–Trinajstić information content (AvgIpc) is 2.46. The first-order valence-electron chi connectivity index (χ1n) is 6.79. The van der Waals surface area contributed by atoms with Gasteiger partial charge in [-0.25, -0.2) is 0 Å². The molecule has 1 rings (SSSR count). The molecule has 0 unspecified atom stereocenters. The summed E-state index contributed by atoms with van der Waals surface area (Å²) in [6.45, 7) is 1.94. The Balaban J connectivity index is 2.26. The lowest BCUT2D eigenvalue weighted by Gasteiger charge is -2.10. The highest BCUT2D eigenvalue weighted by Gasteiger charge is 2.03. The van der Waals surface area contributed by atoms with Crippen LogP contribution in [0.1, 0.15) is 31.2 Å². The number of alkyl halides is 1. The van der Waals surface area contributed by atoms with Crippen LogP contribution in [0.15, 0.2) is 18.2 Å². The van der Waals surface area contributed by atoms with Crippen molar-refractivity contribution in [3.8, 4) is 11.5 Å². The van der Waals surface area contributed by atoms with Crippen LogP contribution < -0.4 is 14.8 Å². The highest BCUT2D eigenvalue weighted by Crippen LogP contribution is 2.27. The molecule has 0 saturated heterocycles. The van der Waals surface area contributed by atoms with Crippen LogP contribution in [0.2, 0.25) is 0 Å². The molecule has 0 amide bonds. The van der Waals surface area contributed by atoms with E-state index in [-0.39, 0.29) is 0 Å². The van der Waals surface area contributed by atoms with Crippen LogP contribution in [0.4, 0.5) is 0 Å². The lowest BCUT2D eigenvalue weighted by Crippen LogP contribution is -2.14. The van der Waals surface area contributed by atoms with Crippen molar-refractivity contribution in [3.05, 3.63) is 23.8 Å². The molecule has 0 heterocycles. The van der Waals surface area contributed by atoms with E-state index >= 15 is 0 Å². The first-order valence-corrected chi connectivity index (χ1v) is 7.91. The van der Waals surface area contributed by atoms with Gasteiger partial charge in [0.15, 0.2) is 11.5 Å². The van der Waals surface area contributed by atoms with Crippen molar-refractivity contribution < 1.29 is 9.47 Å². The molecule has 1 aromatic rings. The summed E-state index contributed by atoms with van der Waals surface area (Å²) < 4.78 is 10.5. The van der Waals surface area contributed by atoms with E-state index in [0.717, 1.165) is 29.9 Å². The maximum atomic E-state index is 5.29. The summed E-state index contributed by atoms with van der Waals surface area (Å²) in [5.41, 5.74) is 1.22. The summed E-state index contributed by atoms with van der Waals surface area (Å²) in [6, 6.07) is 6.04. The van der Waals surface area contributed by atoms with Crippen LogP contribution in [0, 0.1) is 0 Å². The van der Waals surface area contributed by atoms with Crippen LogP contribution in [-0.2, 0) is 6.54 Å². The molecule has 0 aliphatic rings. The van der Waals surface area contributed by atoms with Gasteiger partial charge in [-0.15, -0.1) is 0 Å². The predicted molar refractivity (Wildman–Crippen MR) is 83.5 cm³/mol. The fourth-order valence-electron chi connectivity index (χ4n) is 1.92. The standard InChI is InChI=1S/C15H24BrNO2/c1-18-14-8-7-13(11-15(14)19-2)12-17-10-6-4-3-5-9-16/h7-8,11,17H,3-6,9-10,12H2,1-2H3. The molecule has 1 N–H and O–H groups in total. The van der Waals surface area contributed by atoms with Gasteiger partial charge in [-0.05, 0) is 37.1 Å². The van der Waals surface area contributed by atoms with E-state index in [9.17, 15) is 0 Å². The fourth-order valence-corrected chi connectivity index (χ4v) is 2.32. The zero-order chi connectivity index (χ0) is 13.9. The van der Waals surface area contributed by atoms with Gasteiger partial charge in [-0.3, -0.25) is 0 Å². The third kappa shape index (κ3) is 6.30. The second kappa shape index (κ2) is 10.1. The van der Waals surface area contributed by atoms with E-state index < -0.39 is 0 Å². The van der Waals surface area contributed by atoms with E-state index in [4.69, 9.17) is 9.47 Å². The van der Waals surface area contributed by atoms with Crippen molar-refractivity contribution in [2.24, 2.45) is 0 Å². The Kier molecular flexibility index (Phi) is 8.67. The van der Waals surface area contributed by atoms with E-state index in [1.165, 1.54) is 31.2 Å². The predicted octanol–water partition coefficient (Wildman–Crippen LogP) is 3.75. The molecule has 0 saturated carbocycles. The number of rotatable bonds is 10. The maximum Gasteiger partial charge on any atom is 0.161 e. The minimum absolute atomic E-state index is 0.779. The highest BCUT2D eigenvalue weighted by molar-refractivity contribution is 9.09. The van der Waals surface area contributed by atoms with Crippen LogP contribution in [-0.4, -0.2) is 26.1 Å². The van der Waals surface area contributed by atoms with Gasteiger partial charge in [-0.1, -0.05) is 34.8 Å². The van der Waals surface area contributed by atoms with Gasteiger partial charge in [0.25, 0.3) is 0 Å². The molecule has 4 heteroatoms. The molecule has 0 atom stereocenters. The Morgan fingerprint density at radius 3 is 2.42 bits per heavy atom. The van der Waals surface area contributed by atoms with Crippen molar-refractivity contribution in [1.82, 2.24) is 5.32 Å². The van der Waals surface area contributed by atoms with Crippen molar-refractivity contribution in [1.29, 1.82) is 0 Å². The maximum absolute atomic E-state index is 5.29. The van der Waals surface area contributed by atoms with Gasteiger partial charge in [0, 0.05) is 11.9 Å². The van der Waals surface area contributed by atoms with Gasteiger partial charge < -0.3 is 14.8 Å². The van der Waals surface area contributed by atoms with Crippen molar-refractivity contribution in [2.45, 2.75) is 32.2 Å². The third-order valence-electron chi connectivity index (χ3n) is 3.01. The average molecular weight is 330 g/mol. The Labute approximate surface area is 124 Å². The number of methoxy groups -OCH3 is 2. The second-order valence-electron chi connectivity index (χ2n) is 4.47. The van der Waals surface area contributed by atoms with Crippen LogP contribution in [0.3, 0.4) is 0 Å². The summed E-state index contributed by atoms with van der Waals surface area (Å²) in [5.74, 6) is 1.57. The number of ether oxygens (including phenoxy) is 2. The number of nitrogens with one attached hydrogen (secondary N) is 1. The van der Waals surface area contributed by atoms with Gasteiger partial charge in [0.1, 0.15) is 0 Å². The monoisotopic (exact) mass is 329 g/mol. The van der Waals surface area contributed by atoms with Crippen LogP contribution in [0.25, 0.3) is 0 Å². The molecule has 19 heavy (non-hydrogen) atoms. The number of hydrogen-bond acceptors (Lipinski definition) is 3. The molecule has 1 aromatic carbocycles. The smallest absolute Gasteiger partial charge is 0.161 e. The van der Waals surface area contributed by atoms with Gasteiger partial charge in [0.05, 0.1) is 14.2 Å². The Morgan fingerprint density at radius 2 is 1.74 bits per heavy atom. The minimum atomic E-state index is 0.779. The first-order chi connectivity index (χ1) is 9.31. The van der Waals surface area contributed by atoms with E-state index in [2.05, 4.69) is 27.3 Å². The van der Waals surface area contributed by atoms with Crippen molar-refractivity contribution in [3.63, 3.8) is 0 Å². The van der Waals surface area contributed by atoms with Gasteiger partial charge in [-0.2, -0.15) is 0 Å². The molecule has 0 spiro atoms. The second-order valence-corrected chi connectivity index (χ2v) is 5.26. The van der Waals surface area contributed by atoms with Gasteiger partial charge in [0.2, 0.25) is 0 Å². The summed E-state index contributed by atoms with van der Waals surface area (Å²) >= 11 is 3.45. The molecular formula is C15H24BrNO2. The molecule has 108 valence electrons. The number of halogens is 1. The zero-order valence-electron chi connectivity index (χ0n) is 11.9. The van der Waals surface area contributed by atoms with E-state index in [0.29, 0.717) is 0 Å². The normalized spacial score (nSPS) is 10.5. The SMILES string of the molecule is COc1ccc(CNCCCCCCBr)cc1OC. The topological polar surface area (TPSA) is 30.5 Å². The first kappa shape index (κ1) is 16.3. The van der Waals surface area contributed by atoms with Crippen LogP contribution in [0.5, 0.6) is 11.5 Å². The quantitative estimate of drug-likeness (QED) is 0.523. The summed E-state index contributed by atoms with van der Waals surface area (Å²) in [5, 5.41) is 4.58. The highest BCUT2D eigenvalue weighted by atomic mass is 79.9. The number of unbranched alkanes of at least 4 members (excludes halogenated alkanes) is 3. The molecule has 0 aliphatic heterocycles. The third-order valence-corrected chi connectivity index (χ3v) is 3.57. The van der Waals surface area contributed by atoms with Gasteiger partial charge >= 0.3 is 0 Å². The largest absolute Gasteiger partial charge is 0.493 e. The molecule has 3 nitrogen and oxygen atoms in total. The molecule has 0 fully saturated rings. The van der Waals surface area contributed by atoms with E-state index in [1.807, 2.05) is 12.1 Å². The minimum Gasteiger partial charge on any atom is -0.493 e. The summed E-state index contributed by atoms with van der Waals surface area (Å²) in [4.78, 5) is 0. The molecule has 0 aromatic heterocycles. The lowest BCUT2D eigenvalue weighted by atomic mass is 10.2. The molecular weight excluding hydrogens is 306 g/mol. The lowest BCUT2D eigenvalue weighted by molar-refractivity contribution is 0.354. The fraction of sp³-hybridized carbons (Fsp3) is 0.600. The molecule has 0 aliphatic carbocycles.